The summed E-state index contributed by atoms with van der Waals surface area (Å²) in [7, 11) is 1.81. The number of nitrogens with one attached hydrogen (secondary N) is 2. The van der Waals surface area contributed by atoms with Gasteiger partial charge in [0.1, 0.15) is 0 Å². The first kappa shape index (κ1) is 20.7. The second kappa shape index (κ2) is 9.87. The number of halogens is 2. The van der Waals surface area contributed by atoms with Gasteiger partial charge in [-0.1, -0.05) is 18.5 Å². The van der Waals surface area contributed by atoms with Crippen LogP contribution in [0, 0.1) is 5.92 Å². The Balaban J connectivity index is 0.00000288. The van der Waals surface area contributed by atoms with Crippen LogP contribution in [0.25, 0.3) is 0 Å². The van der Waals surface area contributed by atoms with Crippen molar-refractivity contribution >= 4 is 41.5 Å². The monoisotopic (exact) mass is 373 g/mol. The summed E-state index contributed by atoms with van der Waals surface area (Å²) < 4.78 is 0. The van der Waals surface area contributed by atoms with Crippen LogP contribution in [0.3, 0.4) is 0 Å². The Morgan fingerprint density at radius 2 is 1.92 bits per heavy atom. The number of rotatable bonds is 5. The minimum atomic E-state index is -0.145. The molecular weight excluding hydrogens is 349 g/mol. The van der Waals surface area contributed by atoms with Crippen molar-refractivity contribution in [2.24, 2.45) is 5.92 Å². The van der Waals surface area contributed by atoms with Crippen molar-refractivity contribution in [2.45, 2.75) is 26.2 Å². The molecule has 0 radical (unpaired) electrons. The summed E-state index contributed by atoms with van der Waals surface area (Å²) in [6.07, 6.45) is 3.26. The molecule has 5 nitrogen and oxygen atoms in total. The minimum Gasteiger partial charge on any atom is -0.339 e. The van der Waals surface area contributed by atoms with E-state index in [0.717, 1.165) is 25.9 Å². The molecule has 2 amide bonds. The fourth-order valence-corrected chi connectivity index (χ4v) is 2.96. The zero-order valence-corrected chi connectivity index (χ0v) is 15.7. The van der Waals surface area contributed by atoms with Gasteiger partial charge < -0.3 is 15.5 Å². The van der Waals surface area contributed by atoms with Gasteiger partial charge in [-0.15, -0.1) is 12.4 Å². The molecule has 1 fully saturated rings. The zero-order valence-electron chi connectivity index (χ0n) is 14.1. The van der Waals surface area contributed by atoms with Gasteiger partial charge in [-0.3, -0.25) is 9.59 Å². The lowest BCUT2D eigenvalue weighted by Gasteiger charge is -2.27. The lowest BCUT2D eigenvalue weighted by Crippen LogP contribution is -2.35. The Hall–Kier alpha value is -1.30. The molecule has 7 heteroatoms. The van der Waals surface area contributed by atoms with E-state index in [9.17, 15) is 9.59 Å². The van der Waals surface area contributed by atoms with E-state index in [2.05, 4.69) is 10.6 Å². The van der Waals surface area contributed by atoms with Gasteiger partial charge in [0.2, 0.25) is 5.91 Å². The molecule has 1 unspecified atom stereocenters. The summed E-state index contributed by atoms with van der Waals surface area (Å²) >= 11 is 6.26. The van der Waals surface area contributed by atoms with Crippen LogP contribution in [0.15, 0.2) is 18.2 Å². The molecule has 1 atom stereocenters. The Labute approximate surface area is 154 Å². The Kier molecular flexibility index (Phi) is 8.53. The highest BCUT2D eigenvalue weighted by Crippen LogP contribution is 2.24. The van der Waals surface area contributed by atoms with E-state index < -0.39 is 0 Å². The van der Waals surface area contributed by atoms with E-state index in [1.54, 1.807) is 18.2 Å². The third-order valence-electron chi connectivity index (χ3n) is 4.07. The van der Waals surface area contributed by atoms with Crippen molar-refractivity contribution in [1.82, 2.24) is 10.2 Å². The molecule has 0 bridgehead atoms. The highest BCUT2D eigenvalue weighted by atomic mass is 35.5. The quantitative estimate of drug-likeness (QED) is 0.832. The van der Waals surface area contributed by atoms with E-state index in [-0.39, 0.29) is 30.1 Å². The number of hydrogen-bond acceptors (Lipinski definition) is 3. The van der Waals surface area contributed by atoms with Crippen molar-refractivity contribution in [1.29, 1.82) is 0 Å². The largest absolute Gasteiger partial charge is 0.339 e. The van der Waals surface area contributed by atoms with Crippen LogP contribution >= 0.6 is 24.0 Å². The molecule has 1 saturated heterocycles. The lowest BCUT2D eigenvalue weighted by atomic mass is 10.1. The smallest absolute Gasteiger partial charge is 0.255 e. The zero-order chi connectivity index (χ0) is 16.8. The van der Waals surface area contributed by atoms with E-state index in [4.69, 9.17) is 11.6 Å². The number of amides is 2. The Morgan fingerprint density at radius 3 is 2.50 bits per heavy atom. The summed E-state index contributed by atoms with van der Waals surface area (Å²) in [6, 6.07) is 5.06. The second-order valence-electron chi connectivity index (χ2n) is 6.00. The molecule has 2 rings (SSSR count). The molecule has 0 saturated carbocycles. The number of piperidine rings is 1. The molecule has 1 aromatic rings. The maximum Gasteiger partial charge on any atom is 0.255 e. The Morgan fingerprint density at radius 1 is 1.25 bits per heavy atom. The molecule has 0 aliphatic carbocycles. The average molecular weight is 374 g/mol. The van der Waals surface area contributed by atoms with Gasteiger partial charge in [0, 0.05) is 31.2 Å². The number of benzene rings is 1. The van der Waals surface area contributed by atoms with Crippen molar-refractivity contribution < 1.29 is 9.59 Å². The number of likely N-dealkylation sites (tertiary alicyclic amines) is 1. The molecular formula is C17H25Cl2N3O2. The van der Waals surface area contributed by atoms with E-state index in [0.29, 0.717) is 22.8 Å². The number of anilines is 1. The predicted octanol–water partition coefficient (Wildman–Crippen LogP) is 3.18. The van der Waals surface area contributed by atoms with E-state index in [1.165, 1.54) is 6.42 Å². The second-order valence-corrected chi connectivity index (χ2v) is 6.40. The normalized spacial score (nSPS) is 15.4. The number of carbonyl (C=O) groups is 2. The molecule has 1 aliphatic heterocycles. The van der Waals surface area contributed by atoms with Gasteiger partial charge in [0.05, 0.1) is 10.6 Å². The number of hydrogen-bond donors (Lipinski definition) is 2. The minimum absolute atomic E-state index is 0. The third kappa shape index (κ3) is 5.36. The van der Waals surface area contributed by atoms with Crippen LogP contribution in [0.5, 0.6) is 0 Å². The van der Waals surface area contributed by atoms with Gasteiger partial charge in [-0.05, 0) is 44.5 Å². The maximum absolute atomic E-state index is 12.5. The molecule has 24 heavy (non-hydrogen) atoms. The first-order valence-electron chi connectivity index (χ1n) is 8.07. The summed E-state index contributed by atoms with van der Waals surface area (Å²) in [5.41, 5.74) is 1.10. The van der Waals surface area contributed by atoms with Crippen molar-refractivity contribution in [2.75, 3.05) is 32.0 Å². The maximum atomic E-state index is 12.5. The molecule has 1 aliphatic rings. The Bertz CT molecular complexity index is 575. The first-order valence-corrected chi connectivity index (χ1v) is 8.45. The number of carbonyl (C=O) groups excluding carboxylic acids is 2. The lowest BCUT2D eigenvalue weighted by molar-refractivity contribution is -0.119. The summed E-state index contributed by atoms with van der Waals surface area (Å²) in [5, 5.41) is 6.17. The standard InChI is InChI=1S/C17H24ClN3O2.ClH/c1-12(11-19-2)16(22)20-13-6-7-14(15(18)10-13)17(23)21-8-4-3-5-9-21;/h6-7,10,12,19H,3-5,8-9,11H2,1-2H3,(H,20,22);1H. The third-order valence-corrected chi connectivity index (χ3v) is 4.38. The molecule has 1 aromatic carbocycles. The highest BCUT2D eigenvalue weighted by Gasteiger charge is 2.21. The van der Waals surface area contributed by atoms with Crippen LogP contribution in [-0.2, 0) is 4.79 Å². The molecule has 1 heterocycles. The van der Waals surface area contributed by atoms with Crippen LogP contribution in [0.1, 0.15) is 36.5 Å². The summed E-state index contributed by atoms with van der Waals surface area (Å²) in [4.78, 5) is 26.3. The van der Waals surface area contributed by atoms with Crippen LogP contribution in [0.4, 0.5) is 5.69 Å². The fourth-order valence-electron chi connectivity index (χ4n) is 2.70. The van der Waals surface area contributed by atoms with Gasteiger partial charge in [0.25, 0.3) is 5.91 Å². The topological polar surface area (TPSA) is 61.4 Å². The van der Waals surface area contributed by atoms with Crippen LogP contribution < -0.4 is 10.6 Å². The van der Waals surface area contributed by atoms with Gasteiger partial charge in [-0.2, -0.15) is 0 Å². The summed E-state index contributed by atoms with van der Waals surface area (Å²) in [6.45, 7) is 4.02. The van der Waals surface area contributed by atoms with Crippen LogP contribution in [0.2, 0.25) is 5.02 Å². The number of nitrogens with zero attached hydrogens (tertiary/aromatic N) is 1. The van der Waals surface area contributed by atoms with Gasteiger partial charge in [-0.25, -0.2) is 0 Å². The van der Waals surface area contributed by atoms with E-state index >= 15 is 0 Å². The summed E-state index contributed by atoms with van der Waals surface area (Å²) in [5.74, 6) is -0.255. The van der Waals surface area contributed by atoms with E-state index in [1.807, 2.05) is 18.9 Å². The molecule has 134 valence electrons. The average Bonchev–Trinajstić information content (AvgIpc) is 2.55. The molecule has 0 spiro atoms. The molecule has 0 aromatic heterocycles. The predicted molar refractivity (Wildman–Crippen MR) is 100 cm³/mol. The van der Waals surface area contributed by atoms with Gasteiger partial charge in [0.15, 0.2) is 0 Å². The SMILES string of the molecule is CNCC(C)C(=O)Nc1ccc(C(=O)N2CCCCC2)c(Cl)c1.Cl. The highest BCUT2D eigenvalue weighted by molar-refractivity contribution is 6.34. The van der Waals surface area contributed by atoms with Crippen molar-refractivity contribution in [3.8, 4) is 0 Å². The molecule has 2 N–H and O–H groups in total. The van der Waals surface area contributed by atoms with Gasteiger partial charge >= 0.3 is 0 Å². The fraction of sp³-hybridized carbons (Fsp3) is 0.529. The first-order chi connectivity index (χ1) is 11.0. The van der Waals surface area contributed by atoms with Crippen molar-refractivity contribution in [3.63, 3.8) is 0 Å². The van der Waals surface area contributed by atoms with Crippen LogP contribution in [-0.4, -0.2) is 43.4 Å². The van der Waals surface area contributed by atoms with Crippen molar-refractivity contribution in [3.05, 3.63) is 28.8 Å².